The number of phenols is 2. The Morgan fingerprint density at radius 2 is 1.28 bits per heavy atom. The second kappa shape index (κ2) is 49.2. The number of esters is 1. The number of hydrazine groups is 1. The lowest BCUT2D eigenvalue weighted by Crippen LogP contribution is -2.62. The van der Waals surface area contributed by atoms with Crippen LogP contribution in [0.25, 0.3) is 0 Å². The number of non-ortho nitro benzene ring substituents is 2. The number of nitro groups is 2. The number of anilines is 1. The van der Waals surface area contributed by atoms with Gasteiger partial charge in [0.05, 0.1) is 99.7 Å². The summed E-state index contributed by atoms with van der Waals surface area (Å²) in [5, 5.41) is 85.4. The molecule has 4 aromatic rings. The maximum Gasteiger partial charge on any atom is 0.340 e. The average Bonchev–Trinajstić information content (AvgIpc) is 1.59. The molecule has 129 heavy (non-hydrogen) atoms. The lowest BCUT2D eigenvalue weighted by molar-refractivity contribution is -0.394. The fourth-order valence-corrected chi connectivity index (χ4v) is 15.0. The number of nitrogens with two attached hydrogens (primary N) is 5. The highest BCUT2D eigenvalue weighted by Crippen LogP contribution is 2.57. The Labute approximate surface area is 743 Å². The fourth-order valence-electron chi connectivity index (χ4n) is 15.0. The second-order valence-corrected chi connectivity index (χ2v) is 32.1. The van der Waals surface area contributed by atoms with Gasteiger partial charge in [0.15, 0.2) is 11.6 Å². The molecule has 0 aromatic heterocycles. The largest absolute Gasteiger partial charge is 0.508 e. The first-order chi connectivity index (χ1) is 61.7. The van der Waals surface area contributed by atoms with Crippen molar-refractivity contribution >= 4 is 88.1 Å². The van der Waals surface area contributed by atoms with Crippen molar-refractivity contribution in [3.8, 4) is 23.0 Å². The number of carbonyl (C=O) groups is 11. The number of aliphatic hydroxyl groups is 1. The molecule has 704 valence electrons. The van der Waals surface area contributed by atoms with E-state index in [2.05, 4.69) is 63.2 Å². The summed E-state index contributed by atoms with van der Waals surface area (Å²) in [6, 6.07) is 5.31. The van der Waals surface area contributed by atoms with Crippen LogP contribution in [-0.4, -0.2) is 279 Å². The zero-order chi connectivity index (χ0) is 93.4. The van der Waals surface area contributed by atoms with Crippen LogP contribution < -0.4 is 86.6 Å². The number of nitrogens with zero attached hydrogens (tertiary/aromatic N) is 5. The minimum absolute atomic E-state index is 0.00378. The van der Waals surface area contributed by atoms with Crippen molar-refractivity contribution in [1.29, 1.82) is 0 Å². The normalized spacial score (nSPS) is 19.2. The van der Waals surface area contributed by atoms with Gasteiger partial charge in [0.1, 0.15) is 65.3 Å². The van der Waals surface area contributed by atoms with Crippen molar-refractivity contribution in [2.45, 2.75) is 177 Å². The van der Waals surface area contributed by atoms with Gasteiger partial charge in [0.2, 0.25) is 53.2 Å². The topological polar surface area (TPSA) is 668 Å². The molecule has 0 saturated carbocycles. The smallest absolute Gasteiger partial charge is 0.340 e. The number of nitro benzene ring substituents is 2. The molecular formula is C84H118N20O25. The molecule has 5 aliphatic rings. The molecule has 1 saturated heterocycles. The number of aromatic hydroxyl groups is 2. The molecule has 23 N–H and O–H groups in total. The van der Waals surface area contributed by atoms with Gasteiger partial charge in [-0.05, 0) is 145 Å². The van der Waals surface area contributed by atoms with E-state index in [9.17, 15) is 88.3 Å². The number of benzene rings is 4. The molecular weight excluding hydrogens is 1690 g/mol. The first kappa shape index (κ1) is 100. The van der Waals surface area contributed by atoms with Crippen LogP contribution in [0.4, 0.5) is 17.1 Å². The third-order valence-electron chi connectivity index (χ3n) is 21.7. The standard InChI is InChI=1S/C84H118N20O25/c1-48(2)37-67(79(115)94-63(73(87)109)9-4-6-22-91-71(108)20-27-123-29-31-125-33-35-127-36-34-126-32-30-124-28-25-92-74(110)51-12-15-59-58(40-51)82(118)129-84(59)60-16-13-56(106)44-69(60)128-70-45-57(107)14-17-61(70)84)98-80(116)68-39-50-38-55-47-102(55)101(46-50)26-7-5-10-64(78(114)100-72(49(3)105)81(117)97-66(18-21-85)77(113)99-68)96-76(112)65(11-8-23-93-83(88)89)95-75(111)62(86)19-24-90-52-41-53(103(119)120)43-54(42-52)104(121)122/h12-17,40-46,48-49,55,62-68,72,90,105-107H,4-11,18-39,47,85-86H2,1-3H3,(H2,87,109)(H,91,108)(H,92,110)(H,94,115)(H,95,111)(H,96,112)(H,97,117)(H,98,116)(H,99,113)(H,100,114)(H4,88,89,93)/t49-,55?,62+,63+,64+,65+,66+,67+,68+,72+,102?/m1/s1. The Bertz CT molecular complexity index is 4600. The van der Waals surface area contributed by atoms with E-state index >= 15 is 0 Å². The number of primary amides is 1. The van der Waals surface area contributed by atoms with Crippen molar-refractivity contribution in [2.24, 2.45) is 39.6 Å². The number of amides is 10. The fraction of sp³-hybridized carbons (Fsp3) is 0.548. The minimum Gasteiger partial charge on any atom is -0.508 e. The van der Waals surface area contributed by atoms with E-state index < -0.39 is 140 Å². The number of rotatable bonds is 48. The van der Waals surface area contributed by atoms with Gasteiger partial charge in [-0.15, -0.1) is 0 Å². The van der Waals surface area contributed by atoms with Crippen LogP contribution in [0.15, 0.2) is 89.6 Å². The molecule has 45 heteroatoms. The molecule has 0 aliphatic carbocycles. The van der Waals surface area contributed by atoms with Crippen LogP contribution in [0, 0.1) is 26.1 Å². The summed E-state index contributed by atoms with van der Waals surface area (Å²) in [7, 11) is 0. The van der Waals surface area contributed by atoms with Crippen LogP contribution in [0.1, 0.15) is 148 Å². The summed E-state index contributed by atoms with van der Waals surface area (Å²) in [5.41, 5.74) is 29.1. The number of aliphatic hydroxyl groups excluding tert-OH is 1. The zero-order valence-corrected chi connectivity index (χ0v) is 72.2. The molecule has 1 spiro atoms. The van der Waals surface area contributed by atoms with E-state index in [1.165, 1.54) is 37.3 Å². The Morgan fingerprint density at radius 3 is 1.89 bits per heavy atom. The maximum atomic E-state index is 14.8. The van der Waals surface area contributed by atoms with Crippen molar-refractivity contribution in [3.05, 3.63) is 133 Å². The zero-order valence-electron chi connectivity index (χ0n) is 72.2. The van der Waals surface area contributed by atoms with Gasteiger partial charge in [-0.1, -0.05) is 19.9 Å². The predicted molar refractivity (Wildman–Crippen MR) is 463 cm³/mol. The van der Waals surface area contributed by atoms with Crippen LogP contribution >= 0.6 is 0 Å². The summed E-state index contributed by atoms with van der Waals surface area (Å²) in [6.45, 7) is 8.46. The molecule has 1 fully saturated rings. The van der Waals surface area contributed by atoms with E-state index in [1.807, 2.05) is 25.1 Å². The molecule has 2 unspecified atom stereocenters. The van der Waals surface area contributed by atoms with Gasteiger partial charge in [0, 0.05) is 110 Å². The van der Waals surface area contributed by atoms with Gasteiger partial charge in [-0.25, -0.2) is 9.80 Å². The molecule has 5 aliphatic heterocycles. The quantitative estimate of drug-likeness (QED) is 0.00493. The summed E-state index contributed by atoms with van der Waals surface area (Å²) >= 11 is 0. The molecule has 9 rings (SSSR count). The predicted octanol–water partition coefficient (Wildman–Crippen LogP) is -0.728. The van der Waals surface area contributed by atoms with E-state index in [1.54, 1.807) is 24.3 Å². The Morgan fingerprint density at radius 1 is 0.659 bits per heavy atom. The number of guanidine groups is 1. The van der Waals surface area contributed by atoms with E-state index in [0.29, 0.717) is 75.3 Å². The number of phenolic OH excluding ortho intramolecular Hbond substituents is 2. The molecule has 45 nitrogen and oxygen atoms in total. The van der Waals surface area contributed by atoms with E-state index in [4.69, 9.17) is 61.8 Å². The number of unbranched alkanes of at least 4 members (excludes halogenated alkanes) is 1. The number of carbonyl (C=O) groups excluding carboxylic acids is 11. The number of hydrogen-bond acceptors (Lipinski definition) is 31. The first-order valence-corrected chi connectivity index (χ1v) is 42.9. The van der Waals surface area contributed by atoms with Gasteiger partial charge >= 0.3 is 5.97 Å². The van der Waals surface area contributed by atoms with E-state index in [0.717, 1.165) is 23.8 Å². The van der Waals surface area contributed by atoms with Gasteiger partial charge in [-0.2, -0.15) is 0 Å². The second-order valence-electron chi connectivity index (χ2n) is 32.1. The molecule has 5 heterocycles. The monoisotopic (exact) mass is 1810 g/mol. The van der Waals surface area contributed by atoms with Crippen molar-refractivity contribution in [2.75, 3.05) is 117 Å². The molecule has 11 atom stereocenters. The van der Waals surface area contributed by atoms with Gasteiger partial charge in [0.25, 0.3) is 17.3 Å². The number of fused-ring (bicyclic) bond motifs is 9. The third kappa shape index (κ3) is 29.8. The number of ether oxygens (including phenoxy) is 7. The molecule has 4 aromatic carbocycles. The van der Waals surface area contributed by atoms with Crippen LogP contribution in [0.2, 0.25) is 0 Å². The van der Waals surface area contributed by atoms with Crippen molar-refractivity contribution in [3.63, 3.8) is 0 Å². The SMILES string of the molecule is CC(C)C[C@H](NC(=O)[C@@H]1CC2=CN(CCCC[C@H](NC(=O)[C@H](CCCN=C(N)N)NC(=O)[C@@H](N)CCNc3cc([N+](=O)[O-])cc([N+](=O)[O-])c3)C(=O)N[C@@H]([C@@H](C)O)C(=O)N[C@@H](CCN)C(=O)N1)N1CC1C2)C(=O)N[C@@H](CCCCNC(=O)CCOCCOCCOCCOCCOCCNC(=O)c1ccc2c(c1)C(=O)OC21c2ccc(O)cc2Oc2cc(O)ccc21)C(N)=O. The Balaban J connectivity index is 0.668. The molecule has 2 bridgehead atoms. The maximum absolute atomic E-state index is 14.8. The highest BCUT2D eigenvalue weighted by molar-refractivity contribution is 6.02. The average molecular weight is 1810 g/mol. The number of nitrogens with one attached hydrogen (secondary N) is 10. The van der Waals surface area contributed by atoms with Crippen LogP contribution in [-0.2, 0) is 77.2 Å². The Kier molecular flexibility index (Phi) is 38.2. The Hall–Kier alpha value is -12.5. The lowest BCUT2D eigenvalue weighted by atomic mass is 9.77. The number of aliphatic imine (C=N–C) groups is 1. The molecule has 0 radical (unpaired) electrons. The summed E-state index contributed by atoms with van der Waals surface area (Å²) in [5.74, 6) is -8.46. The summed E-state index contributed by atoms with van der Waals surface area (Å²) in [4.78, 5) is 178. The first-order valence-electron chi connectivity index (χ1n) is 42.9. The third-order valence-corrected chi connectivity index (χ3v) is 21.7. The summed E-state index contributed by atoms with van der Waals surface area (Å²) in [6.07, 6.45) is 1.85. The minimum atomic E-state index is -1.77. The van der Waals surface area contributed by atoms with Gasteiger partial charge in [-0.3, -0.25) is 73.2 Å². The molecule has 10 amide bonds. The lowest BCUT2D eigenvalue weighted by Gasteiger charge is -2.36. The van der Waals surface area contributed by atoms with Crippen molar-refractivity contribution < 1.29 is 111 Å². The van der Waals surface area contributed by atoms with Crippen LogP contribution in [0.5, 0.6) is 23.0 Å². The van der Waals surface area contributed by atoms with E-state index in [-0.39, 0.29) is 207 Å². The highest BCUT2D eigenvalue weighted by atomic mass is 16.6. The van der Waals surface area contributed by atoms with Crippen molar-refractivity contribution in [1.82, 2.24) is 57.9 Å². The number of hydrogen-bond donors (Lipinski definition) is 18. The van der Waals surface area contributed by atoms with Gasteiger partial charge < -0.3 is 135 Å². The van der Waals surface area contributed by atoms with Crippen LogP contribution in [0.3, 0.4) is 0 Å². The summed E-state index contributed by atoms with van der Waals surface area (Å²) < 4.78 is 40.0. The highest BCUT2D eigenvalue weighted by Gasteiger charge is 2.54.